The van der Waals surface area contributed by atoms with Crippen molar-refractivity contribution in [3.05, 3.63) is 89.5 Å². The Hall–Kier alpha value is -6.25. The number of carbonyl (C=O) groups excluding carboxylic acids is 4. The summed E-state index contributed by atoms with van der Waals surface area (Å²) in [6.07, 6.45) is 5.96. The van der Waals surface area contributed by atoms with Crippen LogP contribution in [0.4, 0.5) is 18.4 Å². The molecule has 10 rings (SSSR count). The molecule has 2 aliphatic heterocycles. The maximum atomic E-state index is 16.7. The number of carbonyl (C=O) groups is 4. The summed E-state index contributed by atoms with van der Waals surface area (Å²) in [7, 11) is 2.55. The van der Waals surface area contributed by atoms with Gasteiger partial charge in [-0.15, -0.1) is 0 Å². The van der Waals surface area contributed by atoms with E-state index in [4.69, 9.17) is 14.5 Å². The number of alkyl carbamates (subject to hydrolysis) is 2. The highest BCUT2D eigenvalue weighted by Gasteiger charge is 2.55. The summed E-state index contributed by atoms with van der Waals surface area (Å²) >= 11 is 0. The van der Waals surface area contributed by atoms with Crippen molar-refractivity contribution in [3.63, 3.8) is 0 Å². The van der Waals surface area contributed by atoms with Crippen LogP contribution in [0.5, 0.6) is 0 Å². The van der Waals surface area contributed by atoms with Gasteiger partial charge in [0.2, 0.25) is 11.8 Å². The van der Waals surface area contributed by atoms with Crippen LogP contribution < -0.4 is 10.6 Å². The zero-order chi connectivity index (χ0) is 45.7. The molecule has 2 aromatic heterocycles. The van der Waals surface area contributed by atoms with E-state index in [-0.39, 0.29) is 64.2 Å². The molecule has 4 N–H and O–H groups in total. The van der Waals surface area contributed by atoms with Crippen LogP contribution in [0.2, 0.25) is 0 Å². The summed E-state index contributed by atoms with van der Waals surface area (Å²) in [5, 5.41) is 6.41. The van der Waals surface area contributed by atoms with Crippen molar-refractivity contribution in [2.75, 3.05) is 20.8 Å². The minimum atomic E-state index is -3.28. The van der Waals surface area contributed by atoms with Gasteiger partial charge < -0.3 is 39.9 Å². The first-order valence-electron chi connectivity index (χ1n) is 22.8. The van der Waals surface area contributed by atoms with Gasteiger partial charge in [0, 0.05) is 46.7 Å². The molecule has 5 aliphatic rings. The molecule has 4 fully saturated rings. The van der Waals surface area contributed by atoms with Crippen LogP contribution in [0.15, 0.2) is 66.9 Å². The van der Waals surface area contributed by atoms with Crippen LogP contribution in [0, 0.1) is 23.2 Å². The molecule has 2 bridgehead atoms. The maximum absolute atomic E-state index is 16.7. The predicted molar refractivity (Wildman–Crippen MR) is 240 cm³/mol. The average molecular weight is 888 g/mol. The molecule has 1 unspecified atom stereocenters. The first kappa shape index (κ1) is 42.7. The van der Waals surface area contributed by atoms with E-state index < -0.39 is 30.2 Å². The van der Waals surface area contributed by atoms with Gasteiger partial charge in [-0.1, -0.05) is 64.1 Å². The van der Waals surface area contributed by atoms with Gasteiger partial charge in [-0.3, -0.25) is 9.59 Å². The number of benzene rings is 3. The van der Waals surface area contributed by atoms with E-state index in [1.807, 2.05) is 62.9 Å². The van der Waals surface area contributed by atoms with Crippen LogP contribution in [0.25, 0.3) is 44.4 Å². The molecule has 4 heterocycles. The molecule has 0 radical (unpaired) electrons. The number of amides is 4. The van der Waals surface area contributed by atoms with Crippen LogP contribution >= 0.6 is 0 Å². The third-order valence-electron chi connectivity index (χ3n) is 14.9. The van der Waals surface area contributed by atoms with Crippen molar-refractivity contribution >= 4 is 34.9 Å². The highest BCUT2D eigenvalue weighted by molar-refractivity contribution is 5.90. The second kappa shape index (κ2) is 15.7. The molecule has 1 spiro atoms. The molecule has 4 amide bonds. The van der Waals surface area contributed by atoms with Gasteiger partial charge in [-0.25, -0.2) is 14.6 Å². The minimum absolute atomic E-state index is 0.0133. The lowest BCUT2D eigenvalue weighted by Gasteiger charge is -2.38. The summed E-state index contributed by atoms with van der Waals surface area (Å²) in [5.41, 5.74) is 5.03. The zero-order valence-electron chi connectivity index (χ0n) is 37.5. The number of hydrogen-bond acceptors (Lipinski definition) is 7. The van der Waals surface area contributed by atoms with Crippen molar-refractivity contribution in [1.82, 2.24) is 35.4 Å². The number of methoxy groups -OCH3 is 2. The quantitative estimate of drug-likeness (QED) is 0.109. The Labute approximate surface area is 376 Å². The highest BCUT2D eigenvalue weighted by Crippen LogP contribution is 2.59. The van der Waals surface area contributed by atoms with Gasteiger partial charge in [-0.05, 0) is 114 Å². The number of likely N-dealkylation sites (tertiary alicyclic amines) is 2. The summed E-state index contributed by atoms with van der Waals surface area (Å²) in [6, 6.07) is 16.3. The molecule has 2 saturated heterocycles. The van der Waals surface area contributed by atoms with Gasteiger partial charge in [0.05, 0.1) is 32.0 Å². The van der Waals surface area contributed by atoms with Gasteiger partial charge in [-0.2, -0.15) is 8.78 Å². The smallest absolute Gasteiger partial charge is 0.407 e. The van der Waals surface area contributed by atoms with Crippen molar-refractivity contribution in [2.45, 2.75) is 102 Å². The fourth-order valence-electron chi connectivity index (χ4n) is 11.2. The van der Waals surface area contributed by atoms with Crippen LogP contribution in [0.3, 0.4) is 0 Å². The average Bonchev–Trinajstić information content (AvgIpc) is 3.95. The predicted octanol–water partition coefficient (Wildman–Crippen LogP) is 9.21. The van der Waals surface area contributed by atoms with E-state index in [9.17, 15) is 19.2 Å². The van der Waals surface area contributed by atoms with Crippen molar-refractivity contribution < 1.29 is 37.4 Å². The number of fused-ring (bicyclic) bond motifs is 6. The van der Waals surface area contributed by atoms with Crippen molar-refractivity contribution in [1.29, 1.82) is 0 Å². The topological polar surface area (TPSA) is 162 Å². The number of alkyl halides is 2. The number of piperidine rings is 1. The first-order chi connectivity index (χ1) is 31.1. The summed E-state index contributed by atoms with van der Waals surface area (Å²) in [5.74, 6) is -3.06. The monoisotopic (exact) mass is 887 g/mol. The molecule has 6 atom stereocenters. The van der Waals surface area contributed by atoms with Gasteiger partial charge in [0.1, 0.15) is 17.9 Å². The Morgan fingerprint density at radius 1 is 0.800 bits per heavy atom. The van der Waals surface area contributed by atoms with Gasteiger partial charge >= 0.3 is 12.2 Å². The molecule has 3 aliphatic carbocycles. The maximum Gasteiger partial charge on any atom is 0.407 e. The van der Waals surface area contributed by atoms with E-state index in [1.54, 1.807) is 29.3 Å². The van der Waals surface area contributed by atoms with Gasteiger partial charge in [0.15, 0.2) is 0 Å². The largest absolute Gasteiger partial charge is 0.453 e. The molecule has 65 heavy (non-hydrogen) atoms. The number of halogens is 2. The zero-order valence-corrected chi connectivity index (χ0v) is 37.5. The van der Waals surface area contributed by atoms with E-state index in [0.717, 1.165) is 60.7 Å². The summed E-state index contributed by atoms with van der Waals surface area (Å²) in [6.45, 7) is 8.12. The van der Waals surface area contributed by atoms with E-state index in [0.29, 0.717) is 40.3 Å². The number of nitrogens with zero attached hydrogens (tertiary/aromatic N) is 3. The highest BCUT2D eigenvalue weighted by atomic mass is 19.3. The number of nitrogens with one attached hydrogen (secondary N) is 4. The van der Waals surface area contributed by atoms with Crippen molar-refractivity contribution in [3.8, 4) is 33.5 Å². The molecular weight excluding hydrogens is 833 g/mol. The Balaban J connectivity index is 0.896. The van der Waals surface area contributed by atoms with Gasteiger partial charge in [0.25, 0.3) is 5.92 Å². The summed E-state index contributed by atoms with van der Waals surface area (Å²) in [4.78, 5) is 68.0. The Morgan fingerprint density at radius 2 is 1.42 bits per heavy atom. The summed E-state index contributed by atoms with van der Waals surface area (Å²) < 4.78 is 43.0. The number of hydrogen-bond donors (Lipinski definition) is 4. The molecular formula is C50H55F2N7O6. The SMILES string of the molecule is COC(=O)N[C@H](C(=O)N1CC2(CC2)C[C@H]1c1nc(-c2ccc3c(c2)C(F)(F)c2cc(-c4ccc5cc(C6[C@H]7CC[C@H](C7)N6C(=O)[C@@H](NC(=O)OC)C(C)C)[nH]c5c4)ccc2-3)c[nH]1)C(C)C. The number of aromatic nitrogens is 3. The molecule has 2 saturated carbocycles. The van der Waals surface area contributed by atoms with Crippen LogP contribution in [-0.2, 0) is 25.0 Å². The first-order valence-corrected chi connectivity index (χ1v) is 22.8. The minimum Gasteiger partial charge on any atom is -0.453 e. The lowest BCUT2D eigenvalue weighted by Crippen LogP contribution is -2.53. The number of rotatable bonds is 10. The third kappa shape index (κ3) is 7.21. The Bertz CT molecular complexity index is 2740. The van der Waals surface area contributed by atoms with Crippen LogP contribution in [-0.4, -0.2) is 87.6 Å². The lowest BCUT2D eigenvalue weighted by molar-refractivity contribution is -0.139. The fraction of sp³-hybridized carbons (Fsp3) is 0.460. The van der Waals surface area contributed by atoms with E-state index >= 15 is 8.78 Å². The standard InChI is InChI=1S/C50H55F2N7O6/c1-25(2)41(56-47(62)64-5)45(60)58-24-49(15-16-49)22-40(58)44-53-23-39(55-44)29-11-14-34-33-13-10-27(18-35(33)50(51,52)36(34)19-29)28-7-8-30-21-38(54-37(30)20-28)43-31-9-12-32(17-31)59(43)46(61)42(26(3)4)57-48(63)65-6/h7-8,10-11,13-14,18-21,23,25-26,31-32,40-43,54H,9,12,15-17,22,24H2,1-6H3,(H,53,55)(H,56,62)(H,57,63)/t31-,32+,40-,41-,42-,43?/m0/s1. The lowest BCUT2D eigenvalue weighted by atomic mass is 9.94. The molecule has 5 aromatic rings. The molecule has 3 aromatic carbocycles. The fourth-order valence-corrected chi connectivity index (χ4v) is 11.2. The van der Waals surface area contributed by atoms with E-state index in [2.05, 4.69) is 26.7 Å². The molecule has 15 heteroatoms. The van der Waals surface area contributed by atoms with Crippen LogP contribution in [0.1, 0.15) is 101 Å². The molecule has 340 valence electrons. The second-order valence-corrected chi connectivity index (χ2v) is 19.6. The molecule has 13 nitrogen and oxygen atoms in total. The Morgan fingerprint density at radius 3 is 2.06 bits per heavy atom. The third-order valence-corrected chi connectivity index (χ3v) is 14.9. The van der Waals surface area contributed by atoms with E-state index in [1.165, 1.54) is 20.3 Å². The number of imidazole rings is 1. The van der Waals surface area contributed by atoms with Crippen molar-refractivity contribution in [2.24, 2.45) is 23.2 Å². The number of ether oxygens (including phenoxy) is 2. The number of H-pyrrole nitrogens is 2. The normalized spacial score (nSPS) is 22.9. The number of aromatic amines is 2. The Kier molecular flexibility index (Phi) is 10.3. The second-order valence-electron chi connectivity index (χ2n) is 19.6.